The van der Waals surface area contributed by atoms with Crippen LogP contribution in [0, 0.1) is 0 Å². The van der Waals surface area contributed by atoms with Crippen molar-refractivity contribution in [3.63, 3.8) is 0 Å². The summed E-state index contributed by atoms with van der Waals surface area (Å²) in [6, 6.07) is 8.25. The van der Waals surface area contributed by atoms with Crippen LogP contribution in [0.2, 0.25) is 0 Å². The van der Waals surface area contributed by atoms with Crippen LogP contribution in [0.4, 0.5) is 0 Å². The van der Waals surface area contributed by atoms with Crippen molar-refractivity contribution in [1.29, 1.82) is 0 Å². The maximum Gasteiger partial charge on any atom is 0.119 e. The third kappa shape index (κ3) is 6.04. The molecule has 1 aliphatic heterocycles. The van der Waals surface area contributed by atoms with Gasteiger partial charge in [-0.3, -0.25) is 0 Å². The van der Waals surface area contributed by atoms with Gasteiger partial charge in [-0.15, -0.1) is 0 Å². The van der Waals surface area contributed by atoms with Gasteiger partial charge in [-0.05, 0) is 43.9 Å². The highest BCUT2D eigenvalue weighted by molar-refractivity contribution is 5.27. The largest absolute Gasteiger partial charge is 0.489 e. The Morgan fingerprint density at radius 2 is 2.14 bits per heavy atom. The zero-order valence-electron chi connectivity index (χ0n) is 13.1. The Morgan fingerprint density at radius 1 is 1.33 bits per heavy atom. The highest BCUT2D eigenvalue weighted by Crippen LogP contribution is 2.14. The quantitative estimate of drug-likeness (QED) is 0.759. The number of methoxy groups -OCH3 is 1. The number of rotatable bonds is 9. The van der Waals surface area contributed by atoms with Crippen LogP contribution in [0.3, 0.4) is 0 Å². The molecule has 0 bridgehead atoms. The van der Waals surface area contributed by atoms with Gasteiger partial charge in [-0.2, -0.15) is 0 Å². The average Bonchev–Trinajstić information content (AvgIpc) is 3.00. The molecule has 0 spiro atoms. The summed E-state index contributed by atoms with van der Waals surface area (Å²) >= 11 is 0. The molecule has 1 aromatic carbocycles. The molecule has 0 aliphatic carbocycles. The summed E-state index contributed by atoms with van der Waals surface area (Å²) in [5.41, 5.74) is 1.27. The minimum Gasteiger partial charge on any atom is -0.489 e. The summed E-state index contributed by atoms with van der Waals surface area (Å²) in [7, 11) is 1.72. The molecular weight excluding hydrogens is 266 g/mol. The molecule has 0 aromatic heterocycles. The van der Waals surface area contributed by atoms with Crippen LogP contribution in [-0.4, -0.2) is 45.6 Å². The van der Waals surface area contributed by atoms with E-state index in [1.54, 1.807) is 7.11 Å². The second kappa shape index (κ2) is 9.03. The maximum absolute atomic E-state index is 5.90. The topological polar surface area (TPSA) is 39.7 Å². The standard InChI is InChI=1S/C17H27NO3/c1-14(12-18-13-17-4-3-10-20-17)21-16-7-5-15(6-8-16)9-11-19-2/h5-8,14,17-18H,3-4,9-13H2,1-2H3. The van der Waals surface area contributed by atoms with Gasteiger partial charge in [0, 0.05) is 26.8 Å². The average molecular weight is 293 g/mol. The van der Waals surface area contributed by atoms with Crippen LogP contribution in [0.25, 0.3) is 0 Å². The molecule has 2 unspecified atom stereocenters. The van der Waals surface area contributed by atoms with Crippen LogP contribution in [0.15, 0.2) is 24.3 Å². The molecule has 0 amide bonds. The minimum absolute atomic E-state index is 0.149. The Hall–Kier alpha value is -1.10. The second-order valence-electron chi connectivity index (χ2n) is 5.61. The van der Waals surface area contributed by atoms with Crippen molar-refractivity contribution >= 4 is 0 Å². The van der Waals surface area contributed by atoms with Gasteiger partial charge < -0.3 is 19.5 Å². The summed E-state index contributed by atoms with van der Waals surface area (Å²) < 4.78 is 16.6. The number of benzene rings is 1. The van der Waals surface area contributed by atoms with Crippen LogP contribution < -0.4 is 10.1 Å². The summed E-state index contributed by atoms with van der Waals surface area (Å²) in [5, 5.41) is 3.42. The van der Waals surface area contributed by atoms with E-state index in [1.807, 2.05) is 12.1 Å². The summed E-state index contributed by atoms with van der Waals surface area (Å²) in [4.78, 5) is 0. The van der Waals surface area contributed by atoms with E-state index in [4.69, 9.17) is 14.2 Å². The van der Waals surface area contributed by atoms with Gasteiger partial charge in [0.2, 0.25) is 0 Å². The van der Waals surface area contributed by atoms with Gasteiger partial charge in [-0.1, -0.05) is 12.1 Å². The number of ether oxygens (including phenoxy) is 3. The molecule has 0 radical (unpaired) electrons. The van der Waals surface area contributed by atoms with E-state index in [0.29, 0.717) is 6.10 Å². The molecule has 1 N–H and O–H groups in total. The lowest BCUT2D eigenvalue weighted by Gasteiger charge is -2.17. The van der Waals surface area contributed by atoms with E-state index in [9.17, 15) is 0 Å². The first kappa shape index (κ1) is 16.3. The molecule has 2 rings (SSSR count). The molecule has 1 aliphatic rings. The van der Waals surface area contributed by atoms with Crippen LogP contribution >= 0.6 is 0 Å². The van der Waals surface area contributed by atoms with Crippen molar-refractivity contribution in [3.05, 3.63) is 29.8 Å². The molecule has 0 saturated carbocycles. The third-order valence-corrected chi connectivity index (χ3v) is 3.68. The Kier molecular flexibility index (Phi) is 7.00. The maximum atomic E-state index is 5.90. The SMILES string of the molecule is COCCc1ccc(OC(C)CNCC2CCCO2)cc1. The van der Waals surface area contributed by atoms with Gasteiger partial charge >= 0.3 is 0 Å². The normalized spacial score (nSPS) is 19.6. The highest BCUT2D eigenvalue weighted by Gasteiger charge is 2.15. The van der Waals surface area contributed by atoms with E-state index in [0.717, 1.165) is 38.5 Å². The molecule has 21 heavy (non-hydrogen) atoms. The molecule has 4 heteroatoms. The molecule has 1 saturated heterocycles. The van der Waals surface area contributed by atoms with Crippen molar-refractivity contribution in [3.8, 4) is 5.75 Å². The summed E-state index contributed by atoms with van der Waals surface area (Å²) in [6.45, 7) is 5.51. The fourth-order valence-electron chi connectivity index (χ4n) is 2.48. The zero-order chi connectivity index (χ0) is 14.9. The van der Waals surface area contributed by atoms with Gasteiger partial charge in [0.05, 0.1) is 12.7 Å². The predicted octanol–water partition coefficient (Wildman–Crippen LogP) is 2.41. The number of hydrogen-bond acceptors (Lipinski definition) is 4. The van der Waals surface area contributed by atoms with Crippen molar-refractivity contribution < 1.29 is 14.2 Å². The predicted molar refractivity (Wildman–Crippen MR) is 84.0 cm³/mol. The lowest BCUT2D eigenvalue weighted by Crippen LogP contribution is -2.34. The Bertz CT molecular complexity index is 388. The van der Waals surface area contributed by atoms with Crippen molar-refractivity contribution in [2.24, 2.45) is 0 Å². The molecule has 2 atom stereocenters. The fourth-order valence-corrected chi connectivity index (χ4v) is 2.48. The minimum atomic E-state index is 0.149. The van der Waals surface area contributed by atoms with E-state index >= 15 is 0 Å². The summed E-state index contributed by atoms with van der Waals surface area (Å²) in [5.74, 6) is 0.919. The molecule has 118 valence electrons. The lowest BCUT2D eigenvalue weighted by atomic mass is 10.1. The van der Waals surface area contributed by atoms with Crippen molar-refractivity contribution in [2.45, 2.75) is 38.4 Å². The highest BCUT2D eigenvalue weighted by atomic mass is 16.5. The second-order valence-corrected chi connectivity index (χ2v) is 5.61. The summed E-state index contributed by atoms with van der Waals surface area (Å²) in [6.07, 6.45) is 3.84. The van der Waals surface area contributed by atoms with Crippen molar-refractivity contribution in [1.82, 2.24) is 5.32 Å². The monoisotopic (exact) mass is 293 g/mol. The zero-order valence-corrected chi connectivity index (χ0v) is 13.1. The van der Waals surface area contributed by atoms with E-state index in [1.165, 1.54) is 18.4 Å². The Balaban J connectivity index is 1.65. The molecular formula is C17H27NO3. The molecule has 1 fully saturated rings. The van der Waals surface area contributed by atoms with Crippen molar-refractivity contribution in [2.75, 3.05) is 33.4 Å². The van der Waals surface area contributed by atoms with E-state index in [-0.39, 0.29) is 6.10 Å². The van der Waals surface area contributed by atoms with Gasteiger partial charge in [0.25, 0.3) is 0 Å². The Morgan fingerprint density at radius 3 is 2.81 bits per heavy atom. The third-order valence-electron chi connectivity index (χ3n) is 3.68. The van der Waals surface area contributed by atoms with Gasteiger partial charge in [-0.25, -0.2) is 0 Å². The fraction of sp³-hybridized carbons (Fsp3) is 0.647. The van der Waals surface area contributed by atoms with E-state index < -0.39 is 0 Å². The van der Waals surface area contributed by atoms with Gasteiger partial charge in [0.1, 0.15) is 11.9 Å². The molecule has 4 nitrogen and oxygen atoms in total. The lowest BCUT2D eigenvalue weighted by molar-refractivity contribution is 0.106. The van der Waals surface area contributed by atoms with E-state index in [2.05, 4.69) is 24.4 Å². The van der Waals surface area contributed by atoms with Gasteiger partial charge in [0.15, 0.2) is 0 Å². The smallest absolute Gasteiger partial charge is 0.119 e. The first-order valence-electron chi connectivity index (χ1n) is 7.85. The first-order chi connectivity index (χ1) is 10.3. The number of nitrogens with one attached hydrogen (secondary N) is 1. The van der Waals surface area contributed by atoms with Crippen LogP contribution in [0.5, 0.6) is 5.75 Å². The molecule has 1 aromatic rings. The molecule has 1 heterocycles. The Labute approximate surface area is 127 Å². The van der Waals surface area contributed by atoms with Crippen LogP contribution in [0.1, 0.15) is 25.3 Å². The first-order valence-corrected chi connectivity index (χ1v) is 7.85. The number of hydrogen-bond donors (Lipinski definition) is 1. The van der Waals surface area contributed by atoms with Crippen LogP contribution in [-0.2, 0) is 15.9 Å².